The summed E-state index contributed by atoms with van der Waals surface area (Å²) in [5, 5.41) is 12.9. The topological polar surface area (TPSA) is 32.3 Å². The molecule has 1 saturated carbocycles. The van der Waals surface area contributed by atoms with Gasteiger partial charge in [0.1, 0.15) is 5.82 Å². The number of hydrogen-bond donors (Lipinski definition) is 2. The molecule has 1 fully saturated rings. The van der Waals surface area contributed by atoms with E-state index in [1.54, 1.807) is 0 Å². The van der Waals surface area contributed by atoms with Crippen molar-refractivity contribution in [1.82, 2.24) is 5.32 Å². The number of benzene rings is 1. The fraction of sp³-hybridized carbons (Fsp3) is 0.571. The predicted molar refractivity (Wildman–Crippen MR) is 76.2 cm³/mol. The monoisotopic (exact) mass is 305 g/mol. The molecule has 1 atom stereocenters. The maximum atomic E-state index is 13.5. The molecular formula is C14H18Cl2FNO. The van der Waals surface area contributed by atoms with Gasteiger partial charge in [0.2, 0.25) is 0 Å². The van der Waals surface area contributed by atoms with Gasteiger partial charge in [-0.15, -0.1) is 0 Å². The summed E-state index contributed by atoms with van der Waals surface area (Å²) in [4.78, 5) is 0. The second-order valence-corrected chi connectivity index (χ2v) is 6.12. The third kappa shape index (κ3) is 3.40. The molecule has 1 aromatic rings. The van der Waals surface area contributed by atoms with Gasteiger partial charge in [-0.25, -0.2) is 4.39 Å². The second kappa shape index (κ2) is 5.96. The van der Waals surface area contributed by atoms with E-state index in [9.17, 15) is 4.39 Å². The molecule has 0 amide bonds. The highest BCUT2D eigenvalue weighted by Crippen LogP contribution is 2.48. The van der Waals surface area contributed by atoms with Gasteiger partial charge in [-0.1, -0.05) is 23.2 Å². The molecule has 0 bridgehead atoms. The van der Waals surface area contributed by atoms with Crippen molar-refractivity contribution in [1.29, 1.82) is 0 Å². The van der Waals surface area contributed by atoms with Gasteiger partial charge in [0.25, 0.3) is 0 Å². The Kier molecular flexibility index (Phi) is 4.72. The minimum absolute atomic E-state index is 0.0829. The molecule has 0 spiro atoms. The van der Waals surface area contributed by atoms with E-state index in [4.69, 9.17) is 28.3 Å². The van der Waals surface area contributed by atoms with Crippen molar-refractivity contribution in [3.05, 3.63) is 33.6 Å². The van der Waals surface area contributed by atoms with Crippen LogP contribution in [0.5, 0.6) is 0 Å². The molecule has 1 aromatic carbocycles. The van der Waals surface area contributed by atoms with Crippen LogP contribution < -0.4 is 5.32 Å². The number of hydrogen-bond acceptors (Lipinski definition) is 2. The summed E-state index contributed by atoms with van der Waals surface area (Å²) < 4.78 is 13.5. The molecule has 0 radical (unpaired) electrons. The Morgan fingerprint density at radius 1 is 1.42 bits per heavy atom. The fourth-order valence-corrected chi connectivity index (χ4v) is 3.04. The normalized spacial score (nSPS) is 18.4. The van der Waals surface area contributed by atoms with Crippen LogP contribution in [-0.2, 0) is 0 Å². The van der Waals surface area contributed by atoms with E-state index in [1.807, 2.05) is 6.92 Å². The highest BCUT2D eigenvalue weighted by atomic mass is 35.5. The summed E-state index contributed by atoms with van der Waals surface area (Å²) in [5.74, 6) is -0.453. The second-order valence-electron chi connectivity index (χ2n) is 5.33. The first-order valence-corrected chi connectivity index (χ1v) is 7.22. The Labute approximate surface area is 122 Å². The molecule has 1 aliphatic carbocycles. The standard InChI is InChI=1S/C14H18Cl2FNO/c1-9(18-8-14(4-5-14)6-7-19)12-10(15)2-3-11(17)13(12)16/h2-3,9,18-19H,4-8H2,1H3. The Hall–Kier alpha value is -0.350. The van der Waals surface area contributed by atoms with Gasteiger partial charge in [-0.05, 0) is 43.7 Å². The lowest BCUT2D eigenvalue weighted by atomic mass is 10.0. The highest BCUT2D eigenvalue weighted by molar-refractivity contribution is 6.36. The smallest absolute Gasteiger partial charge is 0.142 e. The average molecular weight is 306 g/mol. The Morgan fingerprint density at radius 2 is 2.11 bits per heavy atom. The Balaban J connectivity index is 2.04. The first-order valence-electron chi connectivity index (χ1n) is 6.47. The van der Waals surface area contributed by atoms with Gasteiger partial charge >= 0.3 is 0 Å². The van der Waals surface area contributed by atoms with Gasteiger partial charge in [0.05, 0.1) is 5.02 Å². The van der Waals surface area contributed by atoms with Crippen molar-refractivity contribution in [2.45, 2.75) is 32.2 Å². The largest absolute Gasteiger partial charge is 0.396 e. The van der Waals surface area contributed by atoms with Crippen molar-refractivity contribution in [2.75, 3.05) is 13.2 Å². The zero-order chi connectivity index (χ0) is 14.0. The number of aliphatic hydroxyl groups excluding tert-OH is 1. The lowest BCUT2D eigenvalue weighted by Gasteiger charge is -2.21. The van der Waals surface area contributed by atoms with Crippen molar-refractivity contribution >= 4 is 23.2 Å². The summed E-state index contributed by atoms with van der Waals surface area (Å²) in [6.07, 6.45) is 3.05. The SMILES string of the molecule is CC(NCC1(CCO)CC1)c1c(Cl)ccc(F)c1Cl. The molecule has 2 N–H and O–H groups in total. The van der Waals surface area contributed by atoms with E-state index in [0.717, 1.165) is 25.8 Å². The van der Waals surface area contributed by atoms with Crippen LogP contribution in [0, 0.1) is 11.2 Å². The van der Waals surface area contributed by atoms with Crippen LogP contribution in [0.3, 0.4) is 0 Å². The summed E-state index contributed by atoms with van der Waals surface area (Å²) in [6.45, 7) is 2.91. The van der Waals surface area contributed by atoms with Gasteiger partial charge in [0, 0.05) is 29.8 Å². The molecule has 5 heteroatoms. The van der Waals surface area contributed by atoms with E-state index < -0.39 is 5.82 Å². The molecule has 1 aliphatic rings. The maximum Gasteiger partial charge on any atom is 0.142 e. The van der Waals surface area contributed by atoms with Crippen LogP contribution in [0.25, 0.3) is 0 Å². The lowest BCUT2D eigenvalue weighted by Crippen LogP contribution is -2.28. The lowest BCUT2D eigenvalue weighted by molar-refractivity contribution is 0.243. The molecule has 0 aliphatic heterocycles. The van der Waals surface area contributed by atoms with Crippen LogP contribution in [-0.4, -0.2) is 18.3 Å². The zero-order valence-electron chi connectivity index (χ0n) is 10.8. The summed E-state index contributed by atoms with van der Waals surface area (Å²) >= 11 is 12.1. The Morgan fingerprint density at radius 3 is 2.68 bits per heavy atom. The first kappa shape index (κ1) is 15.0. The third-order valence-corrected chi connectivity index (χ3v) is 4.61. The van der Waals surface area contributed by atoms with Crippen molar-refractivity contribution in [3.8, 4) is 0 Å². The van der Waals surface area contributed by atoms with Gasteiger partial charge < -0.3 is 10.4 Å². The van der Waals surface area contributed by atoms with Crippen molar-refractivity contribution in [2.24, 2.45) is 5.41 Å². The number of aliphatic hydroxyl groups is 1. The highest BCUT2D eigenvalue weighted by Gasteiger charge is 2.41. The molecule has 0 saturated heterocycles. The van der Waals surface area contributed by atoms with Crippen LogP contribution in [0.1, 0.15) is 37.8 Å². The molecular weight excluding hydrogens is 288 g/mol. The number of rotatable bonds is 6. The van der Waals surface area contributed by atoms with Crippen molar-refractivity contribution in [3.63, 3.8) is 0 Å². The quantitative estimate of drug-likeness (QED) is 0.780. The molecule has 2 rings (SSSR count). The van der Waals surface area contributed by atoms with Gasteiger partial charge in [0.15, 0.2) is 0 Å². The molecule has 106 valence electrons. The van der Waals surface area contributed by atoms with E-state index in [0.29, 0.717) is 10.6 Å². The first-order chi connectivity index (χ1) is 8.99. The van der Waals surface area contributed by atoms with Crippen LogP contribution in [0.2, 0.25) is 10.0 Å². The van der Waals surface area contributed by atoms with Crippen molar-refractivity contribution < 1.29 is 9.50 Å². The number of halogens is 3. The molecule has 0 heterocycles. The summed E-state index contributed by atoms with van der Waals surface area (Å²) in [5.41, 5.74) is 0.804. The fourth-order valence-electron chi connectivity index (χ4n) is 2.34. The average Bonchev–Trinajstić information content (AvgIpc) is 3.13. The van der Waals surface area contributed by atoms with Crippen LogP contribution >= 0.6 is 23.2 Å². The molecule has 2 nitrogen and oxygen atoms in total. The summed E-state index contributed by atoms with van der Waals surface area (Å²) in [6, 6.07) is 2.68. The predicted octanol–water partition coefficient (Wildman–Crippen LogP) is 3.95. The third-order valence-electron chi connectivity index (χ3n) is 3.89. The zero-order valence-corrected chi connectivity index (χ0v) is 12.4. The van der Waals surface area contributed by atoms with Crippen LogP contribution in [0.4, 0.5) is 4.39 Å². The molecule has 19 heavy (non-hydrogen) atoms. The Bertz CT molecular complexity index is 463. The summed E-state index contributed by atoms with van der Waals surface area (Å²) in [7, 11) is 0. The molecule has 1 unspecified atom stereocenters. The van der Waals surface area contributed by atoms with Crippen LogP contribution in [0.15, 0.2) is 12.1 Å². The van der Waals surface area contributed by atoms with Gasteiger partial charge in [-0.2, -0.15) is 0 Å². The van der Waals surface area contributed by atoms with E-state index in [2.05, 4.69) is 5.32 Å². The maximum absolute atomic E-state index is 13.5. The minimum Gasteiger partial charge on any atom is -0.396 e. The molecule has 0 aromatic heterocycles. The van der Waals surface area contributed by atoms with E-state index >= 15 is 0 Å². The van der Waals surface area contributed by atoms with E-state index in [1.165, 1.54) is 12.1 Å². The van der Waals surface area contributed by atoms with Gasteiger partial charge in [-0.3, -0.25) is 0 Å². The van der Waals surface area contributed by atoms with E-state index in [-0.39, 0.29) is 23.1 Å². The number of nitrogens with one attached hydrogen (secondary N) is 1. The minimum atomic E-state index is -0.453.